The van der Waals surface area contributed by atoms with Crippen LogP contribution in [0.5, 0.6) is 0 Å². The maximum Gasteiger partial charge on any atom is 0.316 e. The molecule has 0 aliphatic carbocycles. The maximum atomic E-state index is 8.74. The van der Waals surface area contributed by atoms with Gasteiger partial charge in [-0.15, -0.1) is 0 Å². The third-order valence-electron chi connectivity index (χ3n) is 0. The van der Waals surface area contributed by atoms with Crippen LogP contribution in [0.4, 0.5) is 0 Å². The molecule has 0 atom stereocenters. The Kier molecular flexibility index (Phi) is 18.3. The molecule has 0 fully saturated rings. The zero-order valence-corrected chi connectivity index (χ0v) is 5.87. The number of hydrogen-bond acceptors (Lipinski definition) is 4. The van der Waals surface area contributed by atoms with Crippen molar-refractivity contribution < 1.29 is 35.0 Å². The summed E-state index contributed by atoms with van der Waals surface area (Å²) >= 11 is 0. The van der Waals surface area contributed by atoms with Gasteiger partial charge in [0, 0.05) is 0 Å². The quantitative estimate of drug-likeness (QED) is 0.265. The molecule has 0 bridgehead atoms. The van der Waals surface area contributed by atoms with E-state index >= 15 is 0 Å². The Morgan fingerprint density at radius 1 is 0.667 bits per heavy atom. The van der Waals surface area contributed by atoms with Gasteiger partial charge in [0.2, 0.25) is 0 Å². The summed E-state index contributed by atoms with van der Waals surface area (Å²) in [6, 6.07) is 0. The smallest absolute Gasteiger partial charge is 0.316 e. The molecule has 0 saturated carbocycles. The van der Waals surface area contributed by atoms with E-state index in [0.717, 1.165) is 0 Å². The minimum absolute atomic E-state index is 0. The van der Waals surface area contributed by atoms with Crippen molar-refractivity contribution in [3.63, 3.8) is 0 Å². The van der Waals surface area contributed by atoms with E-state index in [1.165, 1.54) is 0 Å². The van der Waals surface area contributed by atoms with Gasteiger partial charge in [-0.2, -0.15) is 16.8 Å². The third kappa shape index (κ3) is 437. The van der Waals surface area contributed by atoms with Gasteiger partial charge in [-0.25, -0.2) is 0 Å². The zero-order chi connectivity index (χ0) is 9.00. The van der Waals surface area contributed by atoms with Crippen LogP contribution in [0.3, 0.4) is 0 Å². The molecular weight excluding hydrogens is 257 g/mol. The molecule has 0 rings (SSSR count). The van der Waals surface area contributed by atoms with E-state index in [1.54, 1.807) is 0 Å². The second-order valence-corrected chi connectivity index (χ2v) is 2.69. The van der Waals surface area contributed by atoms with E-state index in [-0.39, 0.29) is 60.8 Å². The van der Waals surface area contributed by atoms with Crippen LogP contribution in [-0.4, -0.2) is 95.8 Å². The van der Waals surface area contributed by atoms with Crippen LogP contribution in [0.15, 0.2) is 0 Å². The minimum atomic E-state index is -4.67. The Morgan fingerprint density at radius 3 is 0.667 bits per heavy atom. The fourth-order valence-electron chi connectivity index (χ4n) is 0. The van der Waals surface area contributed by atoms with Crippen molar-refractivity contribution in [1.82, 2.24) is 0 Å². The second-order valence-electron chi connectivity index (χ2n) is 0.896. The van der Waals surface area contributed by atoms with Crippen molar-refractivity contribution in [3.8, 4) is 0 Å². The summed E-state index contributed by atoms with van der Waals surface area (Å²) in [5.41, 5.74) is 0. The van der Waals surface area contributed by atoms with Gasteiger partial charge in [-0.3, -0.25) is 18.2 Å². The van der Waals surface area contributed by atoms with Crippen molar-refractivity contribution in [2.45, 2.75) is 0 Å². The molecule has 0 aromatic heterocycles. The van der Waals surface area contributed by atoms with Crippen molar-refractivity contribution >= 4 is 81.6 Å². The van der Waals surface area contributed by atoms with Crippen molar-refractivity contribution in [3.05, 3.63) is 0 Å². The minimum Gasteiger partial charge on any atom is 0.316 e. The molecule has 0 aromatic carbocycles. The summed E-state index contributed by atoms with van der Waals surface area (Å²) < 4.78 is 63.2. The van der Waals surface area contributed by atoms with Gasteiger partial charge < -0.3 is 0 Å². The molecule has 72 valence electrons. The van der Waals surface area contributed by atoms with Crippen molar-refractivity contribution in [1.29, 1.82) is 0 Å². The molecule has 0 spiro atoms. The average molecular weight is 265 g/mol. The van der Waals surface area contributed by atoms with Crippen molar-refractivity contribution in [2.24, 2.45) is 0 Å². The second kappa shape index (κ2) is 9.33. The molecule has 0 heterocycles. The first-order valence-electron chi connectivity index (χ1n) is 1.40. The summed E-state index contributed by atoms with van der Waals surface area (Å²) in [7, 11) is -9.33. The van der Waals surface area contributed by atoms with Crippen LogP contribution in [0.1, 0.15) is 0 Å². The van der Waals surface area contributed by atoms with E-state index in [4.69, 9.17) is 35.0 Å². The molecule has 12 heavy (non-hydrogen) atoms. The van der Waals surface area contributed by atoms with Gasteiger partial charge in [0.05, 0.1) is 0 Å². The monoisotopic (exact) mass is 264 g/mol. The molecule has 0 amide bonds. The van der Waals surface area contributed by atoms with Gasteiger partial charge in [0.1, 0.15) is 0 Å². The summed E-state index contributed by atoms with van der Waals surface area (Å²) in [4.78, 5) is 0. The first kappa shape index (κ1) is 23.5. The Labute approximate surface area is 115 Å². The molecule has 0 aliphatic heterocycles. The Balaban J connectivity index is -0.0000000457. The number of hydrogen-bond donors (Lipinski definition) is 4. The molecular formula is H8CaMgO8S2. The molecule has 4 N–H and O–H groups in total. The van der Waals surface area contributed by atoms with Crippen LogP contribution in [0, 0.1) is 0 Å². The van der Waals surface area contributed by atoms with Gasteiger partial charge in [0.15, 0.2) is 0 Å². The van der Waals surface area contributed by atoms with Gasteiger partial charge in [-0.05, 0) is 0 Å². The predicted molar refractivity (Wildman–Crippen MR) is 45.4 cm³/mol. The summed E-state index contributed by atoms with van der Waals surface area (Å²) in [6.45, 7) is 0. The van der Waals surface area contributed by atoms with Crippen LogP contribution < -0.4 is 0 Å². The van der Waals surface area contributed by atoms with Crippen molar-refractivity contribution in [2.75, 3.05) is 0 Å². The largest absolute Gasteiger partial charge is 0.316 e. The predicted octanol–water partition coefficient (Wildman–Crippen LogP) is -3.14. The molecule has 0 saturated heterocycles. The molecule has 12 heteroatoms. The zero-order valence-electron chi connectivity index (χ0n) is 4.24. The van der Waals surface area contributed by atoms with E-state index in [2.05, 4.69) is 0 Å². The topological polar surface area (TPSA) is 149 Å². The fraction of sp³-hybridized carbons (Fsp3) is 0. The van der Waals surface area contributed by atoms with Gasteiger partial charge in [0.25, 0.3) is 0 Å². The van der Waals surface area contributed by atoms with Crippen LogP contribution >= 0.6 is 0 Å². The molecule has 0 radical (unpaired) electrons. The Bertz CT molecular complexity index is 213. The Morgan fingerprint density at radius 2 is 0.667 bits per heavy atom. The molecule has 8 nitrogen and oxygen atoms in total. The molecule has 0 unspecified atom stereocenters. The maximum absolute atomic E-state index is 8.74. The van der Waals surface area contributed by atoms with Crippen LogP contribution in [-0.2, 0) is 20.8 Å². The SMILES string of the molecule is O=S(=O)(O)O.O=S(=O)(O)O.[CaH2].[MgH2]. The first-order chi connectivity index (χ1) is 4.00. The fourth-order valence-corrected chi connectivity index (χ4v) is 0. The van der Waals surface area contributed by atoms with Gasteiger partial charge >= 0.3 is 81.6 Å². The normalized spacial score (nSPS) is 9.67. The van der Waals surface area contributed by atoms with E-state index in [1.807, 2.05) is 0 Å². The standard InChI is InChI=1S/Ca.Mg.2H2O4S.4H/c;;2*1-5(2,3)4;;;;/h;;2*(H2,1,2,3,4);;;;. The summed E-state index contributed by atoms with van der Waals surface area (Å²) in [5.74, 6) is 0. The Hall–Kier alpha value is 1.77. The third-order valence-corrected chi connectivity index (χ3v) is 0. The average Bonchev–Trinajstić information content (AvgIpc) is 1.12. The van der Waals surface area contributed by atoms with E-state index < -0.39 is 20.8 Å². The molecule has 0 aliphatic rings. The van der Waals surface area contributed by atoms with Crippen LogP contribution in [0.25, 0.3) is 0 Å². The van der Waals surface area contributed by atoms with Crippen LogP contribution in [0.2, 0.25) is 0 Å². The first-order valence-corrected chi connectivity index (χ1v) is 4.19. The summed E-state index contributed by atoms with van der Waals surface area (Å²) in [6.07, 6.45) is 0. The number of rotatable bonds is 0. The van der Waals surface area contributed by atoms with E-state index in [9.17, 15) is 0 Å². The summed E-state index contributed by atoms with van der Waals surface area (Å²) in [5, 5.41) is 0. The van der Waals surface area contributed by atoms with Gasteiger partial charge in [-0.1, -0.05) is 0 Å². The van der Waals surface area contributed by atoms with E-state index in [0.29, 0.717) is 0 Å². The molecule has 0 aromatic rings.